The van der Waals surface area contributed by atoms with Crippen LogP contribution in [0.3, 0.4) is 0 Å². The number of nitriles is 1. The molecule has 1 aliphatic heterocycles. The summed E-state index contributed by atoms with van der Waals surface area (Å²) in [5.41, 5.74) is 8.73. The molecule has 5 rings (SSSR count). The number of nitrogens with two attached hydrogens (primary N) is 1. The molecule has 1 amide bonds. The van der Waals surface area contributed by atoms with Crippen LogP contribution in [0.2, 0.25) is 0 Å². The van der Waals surface area contributed by atoms with Crippen LogP contribution in [0.25, 0.3) is 0 Å². The van der Waals surface area contributed by atoms with Crippen molar-refractivity contribution in [1.29, 1.82) is 5.26 Å². The lowest BCUT2D eigenvalue weighted by atomic mass is 9.70. The Balaban J connectivity index is 1.43. The molecule has 12 heteroatoms. The highest BCUT2D eigenvalue weighted by molar-refractivity contribution is 8.01. The van der Waals surface area contributed by atoms with E-state index in [1.807, 2.05) is 19.1 Å². The van der Waals surface area contributed by atoms with E-state index in [9.17, 15) is 14.9 Å². The smallest absolute Gasteiger partial charge is 0.234 e. The van der Waals surface area contributed by atoms with Gasteiger partial charge in [-0.05, 0) is 43.0 Å². The molecule has 1 unspecified atom stereocenters. The van der Waals surface area contributed by atoms with Gasteiger partial charge in [-0.1, -0.05) is 43.0 Å². The molecular formula is C28H28N6O3S3. The molecule has 0 radical (unpaired) electrons. The van der Waals surface area contributed by atoms with Gasteiger partial charge in [-0.25, -0.2) is 0 Å². The van der Waals surface area contributed by atoms with Crippen molar-refractivity contribution in [2.45, 2.75) is 43.9 Å². The van der Waals surface area contributed by atoms with Gasteiger partial charge in [0.2, 0.25) is 11.0 Å². The lowest BCUT2D eigenvalue weighted by Crippen LogP contribution is -2.42. The van der Waals surface area contributed by atoms with Crippen LogP contribution >= 0.6 is 34.4 Å². The number of rotatable bonds is 7. The SMILES string of the molecule is COc1cccc(NC(=O)CSc2nnc(N3C(N)=C(C#N)C(c4ccc(C)s4)C4=C3CC(C)(C)CC4=O)s2)c1. The fourth-order valence-electron chi connectivity index (χ4n) is 5.00. The predicted molar refractivity (Wildman–Crippen MR) is 158 cm³/mol. The predicted octanol–water partition coefficient (Wildman–Crippen LogP) is 5.59. The molecule has 40 heavy (non-hydrogen) atoms. The number of thiophene rings is 1. The van der Waals surface area contributed by atoms with Crippen LogP contribution in [0.4, 0.5) is 10.8 Å². The molecule has 1 aromatic carbocycles. The highest BCUT2D eigenvalue weighted by atomic mass is 32.2. The quantitative estimate of drug-likeness (QED) is 0.337. The highest BCUT2D eigenvalue weighted by Gasteiger charge is 2.45. The van der Waals surface area contributed by atoms with Crippen LogP contribution in [0.1, 0.15) is 42.4 Å². The van der Waals surface area contributed by atoms with Crippen molar-refractivity contribution in [2.75, 3.05) is 23.1 Å². The third-order valence-corrected chi connectivity index (χ3v) is 9.80. The maximum Gasteiger partial charge on any atom is 0.234 e. The van der Waals surface area contributed by atoms with Gasteiger partial charge in [-0.2, -0.15) is 5.26 Å². The van der Waals surface area contributed by atoms with Gasteiger partial charge in [0.1, 0.15) is 11.6 Å². The number of anilines is 2. The summed E-state index contributed by atoms with van der Waals surface area (Å²) >= 11 is 4.09. The van der Waals surface area contributed by atoms with E-state index in [1.165, 1.54) is 23.1 Å². The maximum atomic E-state index is 13.6. The van der Waals surface area contributed by atoms with Gasteiger partial charge in [0.25, 0.3) is 0 Å². The number of allylic oxidation sites excluding steroid dienone is 3. The summed E-state index contributed by atoms with van der Waals surface area (Å²) in [6, 6.07) is 13.4. The van der Waals surface area contributed by atoms with Gasteiger partial charge >= 0.3 is 0 Å². The third-order valence-electron chi connectivity index (χ3n) is 6.69. The standard InChI is InChI=1S/C28H28N6O3S3/c1-15-8-9-21(39-15)23-18(13-29)25(30)34(19-11-28(2,3)12-20(35)24(19)23)26-32-33-27(40-26)38-14-22(36)31-16-6-5-7-17(10-16)37-4/h5-10,23H,11-12,14,30H2,1-4H3,(H,31,36). The van der Waals surface area contributed by atoms with Gasteiger partial charge in [-0.15, -0.1) is 21.5 Å². The molecule has 3 heterocycles. The first-order chi connectivity index (χ1) is 19.1. The van der Waals surface area contributed by atoms with E-state index in [1.54, 1.807) is 47.6 Å². The number of hydrogen-bond donors (Lipinski definition) is 2. The van der Waals surface area contributed by atoms with Crippen molar-refractivity contribution < 1.29 is 14.3 Å². The summed E-state index contributed by atoms with van der Waals surface area (Å²) in [5, 5.41) is 22.2. The van der Waals surface area contributed by atoms with Gasteiger partial charge in [0.15, 0.2) is 10.1 Å². The second-order valence-electron chi connectivity index (χ2n) is 10.3. The molecule has 0 saturated carbocycles. The second kappa shape index (κ2) is 11.1. The minimum absolute atomic E-state index is 0.0147. The molecule has 3 aromatic rings. The van der Waals surface area contributed by atoms with Crippen LogP contribution in [0, 0.1) is 23.7 Å². The fraction of sp³-hybridized carbons (Fsp3) is 0.321. The first kappa shape index (κ1) is 27.9. The number of ketones is 1. The average molecular weight is 593 g/mol. The lowest BCUT2D eigenvalue weighted by molar-refractivity contribution is -0.118. The molecule has 0 saturated heterocycles. The Hall–Kier alpha value is -3.66. The molecule has 2 aromatic heterocycles. The minimum Gasteiger partial charge on any atom is -0.497 e. The number of Topliss-reactive ketones (excluding diaryl/α,β-unsaturated/α-hetero) is 1. The minimum atomic E-state index is -0.499. The third kappa shape index (κ3) is 5.50. The normalized spacial score (nSPS) is 18.4. The Labute approximate surface area is 244 Å². The molecule has 1 atom stereocenters. The lowest BCUT2D eigenvalue weighted by Gasteiger charge is -2.42. The summed E-state index contributed by atoms with van der Waals surface area (Å²) in [6.45, 7) is 6.11. The number of benzene rings is 1. The fourth-order valence-corrected chi connectivity index (χ4v) is 7.68. The molecule has 206 valence electrons. The maximum absolute atomic E-state index is 13.6. The number of aryl methyl sites for hydroxylation is 1. The number of methoxy groups -OCH3 is 1. The number of hydrogen-bond acceptors (Lipinski definition) is 11. The summed E-state index contributed by atoms with van der Waals surface area (Å²) in [4.78, 5) is 29.9. The number of nitrogens with zero attached hydrogens (tertiary/aromatic N) is 4. The molecule has 3 N–H and O–H groups in total. The van der Waals surface area contributed by atoms with Crippen LogP contribution in [0.5, 0.6) is 5.75 Å². The van der Waals surface area contributed by atoms with E-state index in [0.717, 1.165) is 15.5 Å². The number of nitrogens with one attached hydrogen (secondary N) is 1. The zero-order valence-corrected chi connectivity index (χ0v) is 24.9. The first-order valence-electron chi connectivity index (χ1n) is 12.5. The zero-order chi connectivity index (χ0) is 28.6. The van der Waals surface area contributed by atoms with Crippen molar-refractivity contribution >= 4 is 56.9 Å². The van der Waals surface area contributed by atoms with E-state index in [2.05, 4.69) is 35.4 Å². The molecular weight excluding hydrogens is 565 g/mol. The van der Waals surface area contributed by atoms with Crippen LogP contribution in [0.15, 0.2) is 63.4 Å². The number of aromatic nitrogens is 2. The van der Waals surface area contributed by atoms with E-state index in [0.29, 0.717) is 44.9 Å². The Morgan fingerprint density at radius 1 is 1.27 bits per heavy atom. The van der Waals surface area contributed by atoms with Crippen LogP contribution < -0.4 is 20.7 Å². The Bertz CT molecular complexity index is 1600. The van der Waals surface area contributed by atoms with Crippen molar-refractivity contribution in [3.8, 4) is 11.8 Å². The number of ether oxygens (including phenoxy) is 1. The number of thioether (sulfide) groups is 1. The Kier molecular flexibility index (Phi) is 7.72. The summed E-state index contributed by atoms with van der Waals surface area (Å²) in [5.74, 6) is 0.350. The van der Waals surface area contributed by atoms with Gasteiger partial charge in [0.05, 0.1) is 30.4 Å². The monoisotopic (exact) mass is 592 g/mol. The topological polar surface area (TPSA) is 134 Å². The van der Waals surface area contributed by atoms with Crippen molar-refractivity contribution in [1.82, 2.24) is 10.2 Å². The van der Waals surface area contributed by atoms with E-state index in [4.69, 9.17) is 10.5 Å². The van der Waals surface area contributed by atoms with Crippen molar-refractivity contribution in [3.05, 3.63) is 68.8 Å². The number of carbonyl (C=O) groups is 2. The summed E-state index contributed by atoms with van der Waals surface area (Å²) in [7, 11) is 1.57. The molecule has 1 aliphatic carbocycles. The van der Waals surface area contributed by atoms with Crippen LogP contribution in [-0.2, 0) is 9.59 Å². The molecule has 0 spiro atoms. The van der Waals surface area contributed by atoms with Gasteiger partial charge < -0.3 is 15.8 Å². The summed E-state index contributed by atoms with van der Waals surface area (Å²) in [6.07, 6.45) is 0.984. The number of amides is 1. The highest BCUT2D eigenvalue weighted by Crippen LogP contribution is 2.51. The Morgan fingerprint density at radius 2 is 2.08 bits per heavy atom. The zero-order valence-electron chi connectivity index (χ0n) is 22.5. The first-order valence-corrected chi connectivity index (χ1v) is 15.1. The van der Waals surface area contributed by atoms with Crippen molar-refractivity contribution in [2.24, 2.45) is 11.1 Å². The number of carbonyl (C=O) groups excluding carboxylic acids is 2. The second-order valence-corrected chi connectivity index (χ2v) is 13.8. The van der Waals surface area contributed by atoms with Crippen LogP contribution in [-0.4, -0.2) is 34.8 Å². The van der Waals surface area contributed by atoms with Gasteiger partial charge in [0, 0.05) is 39.2 Å². The Morgan fingerprint density at radius 3 is 2.77 bits per heavy atom. The molecule has 2 aliphatic rings. The molecule has 0 fully saturated rings. The average Bonchev–Trinajstić information content (AvgIpc) is 3.55. The summed E-state index contributed by atoms with van der Waals surface area (Å²) < 4.78 is 5.78. The van der Waals surface area contributed by atoms with Crippen molar-refractivity contribution in [3.63, 3.8) is 0 Å². The van der Waals surface area contributed by atoms with Gasteiger partial charge in [-0.3, -0.25) is 14.5 Å². The van der Waals surface area contributed by atoms with E-state index < -0.39 is 5.92 Å². The largest absolute Gasteiger partial charge is 0.497 e. The molecule has 0 bridgehead atoms. The molecule has 9 nitrogen and oxygen atoms in total. The van der Waals surface area contributed by atoms with E-state index in [-0.39, 0.29) is 28.7 Å². The van der Waals surface area contributed by atoms with E-state index >= 15 is 0 Å².